The summed E-state index contributed by atoms with van der Waals surface area (Å²) in [6.07, 6.45) is 2.86. The van der Waals surface area contributed by atoms with Crippen LogP contribution >= 0.6 is 0 Å². The number of carboxylic acids is 1. The van der Waals surface area contributed by atoms with Crippen LogP contribution in [0.1, 0.15) is 41.4 Å². The molecule has 0 bridgehead atoms. The maximum absolute atomic E-state index is 11.3. The van der Waals surface area contributed by atoms with E-state index in [1.54, 1.807) is 29.1 Å². The van der Waals surface area contributed by atoms with Crippen molar-refractivity contribution in [1.82, 2.24) is 29.5 Å². The number of carboxylic acid groups (broad SMARTS) is 1. The minimum Gasteiger partial charge on any atom is -0.477 e. The molecule has 0 atom stereocenters. The zero-order valence-corrected chi connectivity index (χ0v) is 15.6. The minimum atomic E-state index is -1.08. The zero-order valence-electron chi connectivity index (χ0n) is 15.6. The fourth-order valence-corrected chi connectivity index (χ4v) is 3.02. The first-order valence-electron chi connectivity index (χ1n) is 8.68. The number of aromatic carboxylic acids is 1. The molecule has 0 radical (unpaired) electrons. The molecule has 0 aliphatic rings. The number of nitriles is 1. The Hall–Kier alpha value is -4.19. The van der Waals surface area contributed by atoms with E-state index < -0.39 is 11.4 Å². The van der Waals surface area contributed by atoms with Crippen molar-refractivity contribution >= 4 is 17.1 Å². The van der Waals surface area contributed by atoms with E-state index in [-0.39, 0.29) is 11.4 Å². The largest absolute Gasteiger partial charge is 0.477 e. The standard InChI is InChI=1S/C20H15N7O2/c1-20(2,14-6-3-5-12(25-14)19(28)29)15-7-4-8-16(26-15)27-11-24-17-13(9-21)22-10-23-18(17)27/h3-8,10-11H,1-2H3,(H,28,29). The molecule has 0 spiro atoms. The highest BCUT2D eigenvalue weighted by Crippen LogP contribution is 2.29. The first-order valence-corrected chi connectivity index (χ1v) is 8.68. The first-order chi connectivity index (χ1) is 13.9. The number of imidazole rings is 1. The van der Waals surface area contributed by atoms with Crippen LogP contribution in [-0.4, -0.2) is 40.6 Å². The third-order valence-corrected chi connectivity index (χ3v) is 4.67. The van der Waals surface area contributed by atoms with Crippen LogP contribution < -0.4 is 0 Å². The van der Waals surface area contributed by atoms with Gasteiger partial charge in [0.05, 0.1) is 11.4 Å². The smallest absolute Gasteiger partial charge is 0.354 e. The van der Waals surface area contributed by atoms with Gasteiger partial charge in [0.15, 0.2) is 11.3 Å². The Morgan fingerprint density at radius 2 is 1.79 bits per heavy atom. The minimum absolute atomic E-state index is 0.0203. The Labute approximate surface area is 165 Å². The van der Waals surface area contributed by atoms with Crippen LogP contribution in [0.5, 0.6) is 0 Å². The molecule has 0 aliphatic heterocycles. The number of nitrogens with zero attached hydrogens (tertiary/aromatic N) is 7. The van der Waals surface area contributed by atoms with Crippen LogP contribution in [0.15, 0.2) is 49.1 Å². The van der Waals surface area contributed by atoms with Gasteiger partial charge in [-0.2, -0.15) is 5.26 Å². The van der Waals surface area contributed by atoms with Crippen molar-refractivity contribution in [2.45, 2.75) is 19.3 Å². The molecule has 0 unspecified atom stereocenters. The van der Waals surface area contributed by atoms with Gasteiger partial charge < -0.3 is 5.11 Å². The van der Waals surface area contributed by atoms with Crippen molar-refractivity contribution < 1.29 is 9.90 Å². The SMILES string of the molecule is CC(C)(c1cccc(C(=O)O)n1)c1cccc(-n2cnc3c(C#N)ncnc32)n1. The second-order valence-corrected chi connectivity index (χ2v) is 6.84. The fraction of sp³-hybridized carbons (Fsp3) is 0.150. The number of hydrogen-bond acceptors (Lipinski definition) is 7. The summed E-state index contributed by atoms with van der Waals surface area (Å²) >= 11 is 0. The summed E-state index contributed by atoms with van der Waals surface area (Å²) in [6, 6.07) is 12.4. The van der Waals surface area contributed by atoms with Crippen molar-refractivity contribution in [2.75, 3.05) is 0 Å². The summed E-state index contributed by atoms with van der Waals surface area (Å²) < 4.78 is 1.68. The normalized spacial score (nSPS) is 11.3. The summed E-state index contributed by atoms with van der Waals surface area (Å²) in [7, 11) is 0. The van der Waals surface area contributed by atoms with E-state index in [2.05, 4.69) is 19.9 Å². The summed E-state index contributed by atoms with van der Waals surface area (Å²) in [4.78, 5) is 32.7. The lowest BCUT2D eigenvalue weighted by Gasteiger charge is -2.24. The maximum atomic E-state index is 11.3. The first kappa shape index (κ1) is 18.2. The summed E-state index contributed by atoms with van der Waals surface area (Å²) in [5.74, 6) is -0.516. The molecule has 4 aromatic heterocycles. The monoisotopic (exact) mass is 385 g/mol. The molecule has 0 saturated carbocycles. The molecular weight excluding hydrogens is 370 g/mol. The van der Waals surface area contributed by atoms with E-state index in [1.807, 2.05) is 32.0 Å². The highest BCUT2D eigenvalue weighted by molar-refractivity contribution is 5.85. The predicted octanol–water partition coefficient (Wildman–Crippen LogP) is 2.50. The molecule has 0 aliphatic carbocycles. The third-order valence-electron chi connectivity index (χ3n) is 4.67. The number of aromatic nitrogens is 6. The Bertz CT molecular complexity index is 1290. The Balaban J connectivity index is 1.81. The van der Waals surface area contributed by atoms with E-state index in [9.17, 15) is 15.2 Å². The molecule has 4 rings (SSSR count). The molecular formula is C20H15N7O2. The van der Waals surface area contributed by atoms with Crippen LogP contribution in [0.3, 0.4) is 0 Å². The molecule has 4 heterocycles. The lowest BCUT2D eigenvalue weighted by atomic mass is 9.84. The average Bonchev–Trinajstić information content (AvgIpc) is 3.18. The fourth-order valence-electron chi connectivity index (χ4n) is 3.02. The van der Waals surface area contributed by atoms with E-state index in [4.69, 9.17) is 4.98 Å². The highest BCUT2D eigenvalue weighted by atomic mass is 16.4. The zero-order chi connectivity index (χ0) is 20.6. The summed E-state index contributed by atoms with van der Waals surface area (Å²) in [5, 5.41) is 18.4. The van der Waals surface area contributed by atoms with Gasteiger partial charge >= 0.3 is 5.97 Å². The second kappa shape index (κ2) is 6.76. The number of fused-ring (bicyclic) bond motifs is 1. The van der Waals surface area contributed by atoms with E-state index in [0.717, 1.165) is 0 Å². The van der Waals surface area contributed by atoms with Gasteiger partial charge in [-0.25, -0.2) is 29.7 Å². The Morgan fingerprint density at radius 3 is 2.52 bits per heavy atom. The van der Waals surface area contributed by atoms with Gasteiger partial charge in [-0.05, 0) is 38.1 Å². The lowest BCUT2D eigenvalue weighted by Crippen LogP contribution is -2.23. The molecule has 0 fully saturated rings. The molecule has 0 saturated heterocycles. The molecule has 0 amide bonds. The van der Waals surface area contributed by atoms with Crippen molar-refractivity contribution in [3.05, 3.63) is 71.8 Å². The molecule has 9 nitrogen and oxygen atoms in total. The molecule has 4 aromatic rings. The molecule has 29 heavy (non-hydrogen) atoms. The van der Waals surface area contributed by atoms with Gasteiger partial charge in [0.1, 0.15) is 35.8 Å². The Morgan fingerprint density at radius 1 is 1.07 bits per heavy atom. The quantitative estimate of drug-likeness (QED) is 0.567. The summed E-state index contributed by atoms with van der Waals surface area (Å²) in [6.45, 7) is 3.85. The second-order valence-electron chi connectivity index (χ2n) is 6.84. The average molecular weight is 385 g/mol. The van der Waals surface area contributed by atoms with Crippen molar-refractivity contribution in [1.29, 1.82) is 5.26 Å². The van der Waals surface area contributed by atoms with Crippen LogP contribution in [-0.2, 0) is 5.41 Å². The van der Waals surface area contributed by atoms with Gasteiger partial charge in [0, 0.05) is 5.41 Å². The van der Waals surface area contributed by atoms with Gasteiger partial charge in [-0.15, -0.1) is 0 Å². The van der Waals surface area contributed by atoms with Crippen LogP contribution in [0.4, 0.5) is 0 Å². The van der Waals surface area contributed by atoms with Crippen molar-refractivity contribution in [2.24, 2.45) is 0 Å². The molecule has 1 N–H and O–H groups in total. The lowest BCUT2D eigenvalue weighted by molar-refractivity contribution is 0.0690. The van der Waals surface area contributed by atoms with E-state index in [1.165, 1.54) is 12.4 Å². The molecule has 142 valence electrons. The topological polar surface area (TPSA) is 130 Å². The van der Waals surface area contributed by atoms with Gasteiger partial charge in [-0.1, -0.05) is 12.1 Å². The van der Waals surface area contributed by atoms with Gasteiger partial charge in [0.2, 0.25) is 0 Å². The number of hydrogen-bond donors (Lipinski definition) is 1. The van der Waals surface area contributed by atoms with Crippen molar-refractivity contribution in [3.63, 3.8) is 0 Å². The number of pyridine rings is 2. The van der Waals surface area contributed by atoms with E-state index in [0.29, 0.717) is 28.4 Å². The predicted molar refractivity (Wildman–Crippen MR) is 102 cm³/mol. The van der Waals surface area contributed by atoms with Crippen LogP contribution in [0.2, 0.25) is 0 Å². The van der Waals surface area contributed by atoms with Crippen molar-refractivity contribution in [3.8, 4) is 11.9 Å². The third kappa shape index (κ3) is 3.06. The Kier molecular flexibility index (Phi) is 4.24. The van der Waals surface area contributed by atoms with Gasteiger partial charge in [-0.3, -0.25) is 4.57 Å². The van der Waals surface area contributed by atoms with Crippen LogP contribution in [0, 0.1) is 11.3 Å². The highest BCUT2D eigenvalue weighted by Gasteiger charge is 2.28. The van der Waals surface area contributed by atoms with E-state index >= 15 is 0 Å². The maximum Gasteiger partial charge on any atom is 0.354 e. The van der Waals surface area contributed by atoms with Gasteiger partial charge in [0.25, 0.3) is 0 Å². The molecule has 0 aromatic carbocycles. The summed E-state index contributed by atoms with van der Waals surface area (Å²) in [5.41, 5.74) is 1.69. The molecule has 9 heteroatoms. The number of rotatable bonds is 4. The van der Waals surface area contributed by atoms with Crippen LogP contribution in [0.25, 0.3) is 17.0 Å². The number of carbonyl (C=O) groups is 1.